The Balaban J connectivity index is 2.71. The number of ketones is 1. The molecule has 0 aromatic heterocycles. The Morgan fingerprint density at radius 3 is 2.33 bits per heavy atom. The Bertz CT molecular complexity index is 538. The molecular weight excluding hydrogens is 192 g/mol. The molecule has 2 aromatic rings. The zero-order valence-electron chi connectivity index (χ0n) is 7.77. The molecular formula is C12H7O3-. The molecule has 0 N–H and O–H groups in total. The average molecular weight is 199 g/mol. The zero-order chi connectivity index (χ0) is 10.8. The summed E-state index contributed by atoms with van der Waals surface area (Å²) in [7, 11) is 0. The fraction of sp³-hybridized carbons (Fsp3) is 0. The molecule has 0 spiro atoms. The summed E-state index contributed by atoms with van der Waals surface area (Å²) in [5, 5.41) is 12.0. The maximum Gasteiger partial charge on any atom is 0.209 e. The van der Waals surface area contributed by atoms with Crippen molar-refractivity contribution >= 4 is 22.5 Å². The summed E-state index contributed by atoms with van der Waals surface area (Å²) in [6.07, 6.45) is 0. The minimum absolute atomic E-state index is 0.174. The first kappa shape index (κ1) is 9.40. The number of Topliss-reactive ketones (excluding diaryl/α,β-unsaturated/α-hetero) is 1. The van der Waals surface area contributed by atoms with Crippen molar-refractivity contribution in [3.63, 3.8) is 0 Å². The molecule has 0 heterocycles. The monoisotopic (exact) mass is 199 g/mol. The lowest BCUT2D eigenvalue weighted by Gasteiger charge is -2.05. The molecule has 0 atom stereocenters. The molecule has 0 unspecified atom stereocenters. The third-order valence-corrected chi connectivity index (χ3v) is 2.22. The topological polar surface area (TPSA) is 57.2 Å². The molecule has 0 aliphatic rings. The molecule has 0 saturated carbocycles. The number of carbonyl (C=O) groups is 2. The highest BCUT2D eigenvalue weighted by Gasteiger charge is 2.09. The van der Waals surface area contributed by atoms with Gasteiger partial charge in [-0.2, -0.15) is 0 Å². The van der Waals surface area contributed by atoms with Gasteiger partial charge >= 0.3 is 0 Å². The van der Waals surface area contributed by atoms with Crippen molar-refractivity contribution < 1.29 is 14.7 Å². The molecule has 0 aliphatic carbocycles. The van der Waals surface area contributed by atoms with Crippen LogP contribution in [0.1, 0.15) is 10.4 Å². The summed E-state index contributed by atoms with van der Waals surface area (Å²) in [5.41, 5.74) is 0.174. The van der Waals surface area contributed by atoms with Crippen LogP contribution in [0.3, 0.4) is 0 Å². The highest BCUT2D eigenvalue weighted by molar-refractivity contribution is 6.41. The lowest BCUT2D eigenvalue weighted by molar-refractivity contribution is -0.296. The van der Waals surface area contributed by atoms with Gasteiger partial charge in [0.1, 0.15) is 5.97 Å². The second-order valence-electron chi connectivity index (χ2n) is 3.14. The first-order valence-corrected chi connectivity index (χ1v) is 4.43. The molecule has 0 radical (unpaired) electrons. The maximum absolute atomic E-state index is 11.3. The smallest absolute Gasteiger partial charge is 0.209 e. The van der Waals surface area contributed by atoms with E-state index in [-0.39, 0.29) is 5.56 Å². The van der Waals surface area contributed by atoms with Crippen molar-refractivity contribution in [2.45, 2.75) is 0 Å². The van der Waals surface area contributed by atoms with Crippen LogP contribution in [0.2, 0.25) is 0 Å². The van der Waals surface area contributed by atoms with Gasteiger partial charge in [-0.1, -0.05) is 42.5 Å². The van der Waals surface area contributed by atoms with Crippen LogP contribution in [0.25, 0.3) is 10.8 Å². The molecule has 0 amide bonds. The summed E-state index contributed by atoms with van der Waals surface area (Å²) in [4.78, 5) is 21.8. The Labute approximate surface area is 86.0 Å². The third kappa shape index (κ3) is 1.59. The van der Waals surface area contributed by atoms with E-state index < -0.39 is 11.8 Å². The minimum Gasteiger partial charge on any atom is -0.541 e. The molecule has 2 rings (SSSR count). The summed E-state index contributed by atoms with van der Waals surface area (Å²) < 4.78 is 0. The van der Waals surface area contributed by atoms with Gasteiger partial charge in [-0.3, -0.25) is 4.79 Å². The largest absolute Gasteiger partial charge is 0.541 e. The quantitative estimate of drug-likeness (QED) is 0.530. The van der Waals surface area contributed by atoms with Crippen molar-refractivity contribution in [2.75, 3.05) is 0 Å². The van der Waals surface area contributed by atoms with Gasteiger partial charge in [-0.05, 0) is 10.8 Å². The molecule has 3 nitrogen and oxygen atoms in total. The van der Waals surface area contributed by atoms with E-state index in [2.05, 4.69) is 0 Å². The number of carbonyl (C=O) groups excluding carboxylic acids is 2. The Morgan fingerprint density at radius 2 is 1.60 bits per heavy atom. The first-order valence-electron chi connectivity index (χ1n) is 4.43. The number of hydrogen-bond donors (Lipinski definition) is 0. The van der Waals surface area contributed by atoms with Crippen LogP contribution in [-0.4, -0.2) is 11.8 Å². The van der Waals surface area contributed by atoms with E-state index in [1.165, 1.54) is 6.07 Å². The summed E-state index contributed by atoms with van der Waals surface area (Å²) in [6, 6.07) is 12.1. The number of carboxylic acids is 1. The Kier molecular flexibility index (Phi) is 2.21. The lowest BCUT2D eigenvalue weighted by Crippen LogP contribution is -2.31. The molecule has 0 bridgehead atoms. The van der Waals surface area contributed by atoms with Crippen molar-refractivity contribution in [2.24, 2.45) is 0 Å². The fourth-order valence-electron chi connectivity index (χ4n) is 1.53. The standard InChI is InChI=1S/C12H8O3/c13-11(12(14)15)10-7-3-5-8-4-1-2-6-9(8)10/h1-7H,(H,14,15)/p-1. The maximum atomic E-state index is 11.3. The highest BCUT2D eigenvalue weighted by Crippen LogP contribution is 2.18. The molecule has 0 saturated heterocycles. The molecule has 0 aliphatic heterocycles. The van der Waals surface area contributed by atoms with E-state index >= 15 is 0 Å². The zero-order valence-corrected chi connectivity index (χ0v) is 7.77. The first-order chi connectivity index (χ1) is 7.20. The van der Waals surface area contributed by atoms with Crippen LogP contribution in [0, 0.1) is 0 Å². The van der Waals surface area contributed by atoms with Crippen LogP contribution in [-0.2, 0) is 4.79 Å². The molecule has 3 heteroatoms. The van der Waals surface area contributed by atoms with E-state index in [0.717, 1.165) is 5.39 Å². The van der Waals surface area contributed by atoms with Gasteiger partial charge in [0, 0.05) is 5.56 Å². The normalized spacial score (nSPS) is 10.1. The number of fused-ring (bicyclic) bond motifs is 1. The van der Waals surface area contributed by atoms with E-state index in [1.807, 2.05) is 18.2 Å². The van der Waals surface area contributed by atoms with E-state index in [0.29, 0.717) is 5.39 Å². The van der Waals surface area contributed by atoms with Gasteiger partial charge in [-0.25, -0.2) is 0 Å². The van der Waals surface area contributed by atoms with Crippen LogP contribution in [0.5, 0.6) is 0 Å². The number of rotatable bonds is 2. The van der Waals surface area contributed by atoms with E-state index in [9.17, 15) is 14.7 Å². The molecule has 74 valence electrons. The highest BCUT2D eigenvalue weighted by atomic mass is 16.4. The molecule has 15 heavy (non-hydrogen) atoms. The number of hydrogen-bond acceptors (Lipinski definition) is 3. The second kappa shape index (κ2) is 3.53. The van der Waals surface area contributed by atoms with E-state index in [4.69, 9.17) is 0 Å². The van der Waals surface area contributed by atoms with E-state index in [1.54, 1.807) is 18.2 Å². The van der Waals surface area contributed by atoms with Gasteiger partial charge in [0.25, 0.3) is 0 Å². The SMILES string of the molecule is O=C([O-])C(=O)c1cccc2ccccc12. The third-order valence-electron chi connectivity index (χ3n) is 2.22. The summed E-state index contributed by atoms with van der Waals surface area (Å²) >= 11 is 0. The molecule has 0 fully saturated rings. The average Bonchev–Trinajstić information content (AvgIpc) is 2.27. The number of benzene rings is 2. The van der Waals surface area contributed by atoms with Crippen LogP contribution in [0.4, 0.5) is 0 Å². The number of aliphatic carboxylic acids is 1. The van der Waals surface area contributed by atoms with Crippen molar-refractivity contribution in [3.05, 3.63) is 48.0 Å². The van der Waals surface area contributed by atoms with Crippen LogP contribution < -0.4 is 5.11 Å². The van der Waals surface area contributed by atoms with Gasteiger partial charge in [0.2, 0.25) is 5.78 Å². The Morgan fingerprint density at radius 1 is 0.933 bits per heavy atom. The minimum atomic E-state index is -1.67. The lowest BCUT2D eigenvalue weighted by atomic mass is 10.0. The number of carboxylic acid groups (broad SMARTS) is 1. The predicted octanol–water partition coefficient (Wildman–Crippen LogP) is 0.772. The van der Waals surface area contributed by atoms with Crippen LogP contribution >= 0.6 is 0 Å². The fourth-order valence-corrected chi connectivity index (χ4v) is 1.53. The van der Waals surface area contributed by atoms with Crippen LogP contribution in [0.15, 0.2) is 42.5 Å². The van der Waals surface area contributed by atoms with Gasteiger partial charge in [-0.15, -0.1) is 0 Å². The molecule has 2 aromatic carbocycles. The summed E-state index contributed by atoms with van der Waals surface area (Å²) in [6.45, 7) is 0. The summed E-state index contributed by atoms with van der Waals surface area (Å²) in [5.74, 6) is -2.65. The second-order valence-corrected chi connectivity index (χ2v) is 3.14. The van der Waals surface area contributed by atoms with Crippen molar-refractivity contribution in [1.82, 2.24) is 0 Å². The Hall–Kier alpha value is -2.16. The van der Waals surface area contributed by atoms with Gasteiger partial charge < -0.3 is 9.90 Å². The van der Waals surface area contributed by atoms with Gasteiger partial charge in [0.05, 0.1) is 0 Å². The van der Waals surface area contributed by atoms with Gasteiger partial charge in [0.15, 0.2) is 0 Å². The van der Waals surface area contributed by atoms with Crippen molar-refractivity contribution in [1.29, 1.82) is 0 Å². The predicted molar refractivity (Wildman–Crippen MR) is 53.3 cm³/mol. The van der Waals surface area contributed by atoms with Crippen molar-refractivity contribution in [3.8, 4) is 0 Å².